The molecule has 7 heteroatoms. The molecule has 0 spiro atoms. The van der Waals surface area contributed by atoms with Gasteiger partial charge in [-0.3, -0.25) is 4.79 Å². The first kappa shape index (κ1) is 14.2. The summed E-state index contributed by atoms with van der Waals surface area (Å²) in [7, 11) is 3.43. The van der Waals surface area contributed by atoms with Gasteiger partial charge in [-0.25, -0.2) is 0 Å². The van der Waals surface area contributed by atoms with E-state index in [0.29, 0.717) is 36.3 Å². The Bertz CT molecular complexity index is 671. The number of rotatable bonds is 2. The number of hydrogen-bond donors (Lipinski definition) is 0. The fourth-order valence-corrected chi connectivity index (χ4v) is 2.44. The van der Waals surface area contributed by atoms with Crippen molar-refractivity contribution in [1.29, 1.82) is 0 Å². The Kier molecular flexibility index (Phi) is 3.73. The summed E-state index contributed by atoms with van der Waals surface area (Å²) in [6, 6.07) is 5.81. The molecule has 0 saturated carbocycles. The quantitative estimate of drug-likeness (QED) is 0.846. The molecule has 1 aliphatic heterocycles. The van der Waals surface area contributed by atoms with E-state index < -0.39 is 6.10 Å². The van der Waals surface area contributed by atoms with Crippen molar-refractivity contribution in [3.8, 4) is 0 Å². The summed E-state index contributed by atoms with van der Waals surface area (Å²) >= 11 is 5.94. The van der Waals surface area contributed by atoms with Gasteiger partial charge in [0.05, 0.1) is 13.2 Å². The molecule has 1 aromatic heterocycles. The fourth-order valence-electron chi connectivity index (χ4n) is 2.28. The van der Waals surface area contributed by atoms with Gasteiger partial charge in [-0.2, -0.15) is 4.98 Å². The Balaban J connectivity index is 1.83. The number of ether oxygens (including phenoxy) is 1. The van der Waals surface area contributed by atoms with Crippen LogP contribution in [0.2, 0.25) is 5.02 Å². The molecule has 1 aliphatic rings. The Morgan fingerprint density at radius 2 is 2.29 bits per heavy atom. The van der Waals surface area contributed by atoms with Crippen molar-refractivity contribution >= 4 is 34.6 Å². The molecule has 112 valence electrons. The molecule has 0 N–H and O–H groups in total. The van der Waals surface area contributed by atoms with Gasteiger partial charge in [0, 0.05) is 31.7 Å². The highest BCUT2D eigenvalue weighted by molar-refractivity contribution is 6.31. The lowest BCUT2D eigenvalue weighted by Gasteiger charge is -2.32. The van der Waals surface area contributed by atoms with E-state index in [9.17, 15) is 4.79 Å². The molecule has 1 aromatic carbocycles. The van der Waals surface area contributed by atoms with Crippen molar-refractivity contribution in [3.05, 3.63) is 23.2 Å². The summed E-state index contributed by atoms with van der Waals surface area (Å²) in [5, 5.41) is 0.604. The zero-order valence-electron chi connectivity index (χ0n) is 11.9. The molecular weight excluding hydrogens is 294 g/mol. The molecule has 1 amide bonds. The van der Waals surface area contributed by atoms with Gasteiger partial charge in [0.25, 0.3) is 11.9 Å². The standard InChI is InChI=1S/C14H16ClN3O3/c1-17(2)13(19)12-8-18(5-6-20-12)14-16-10-4-3-9(15)7-11(10)21-14/h3-4,7,12H,5-6,8H2,1-2H3. The van der Waals surface area contributed by atoms with E-state index >= 15 is 0 Å². The number of carbonyl (C=O) groups is 1. The van der Waals surface area contributed by atoms with Crippen molar-refractivity contribution in [2.24, 2.45) is 0 Å². The van der Waals surface area contributed by atoms with E-state index in [-0.39, 0.29) is 5.91 Å². The number of amides is 1. The first-order valence-corrected chi connectivity index (χ1v) is 7.06. The molecule has 1 fully saturated rings. The van der Waals surface area contributed by atoms with Crippen LogP contribution in [0.25, 0.3) is 11.1 Å². The van der Waals surface area contributed by atoms with Crippen LogP contribution in [0.5, 0.6) is 0 Å². The van der Waals surface area contributed by atoms with Crippen LogP contribution in [-0.2, 0) is 9.53 Å². The van der Waals surface area contributed by atoms with Gasteiger partial charge < -0.3 is 19.0 Å². The van der Waals surface area contributed by atoms with Gasteiger partial charge in [-0.1, -0.05) is 11.6 Å². The van der Waals surface area contributed by atoms with E-state index in [1.165, 1.54) is 4.90 Å². The monoisotopic (exact) mass is 309 g/mol. The molecule has 3 rings (SSSR count). The number of hydrogen-bond acceptors (Lipinski definition) is 5. The Hall–Kier alpha value is -1.79. The van der Waals surface area contributed by atoms with Crippen LogP contribution in [0.1, 0.15) is 0 Å². The summed E-state index contributed by atoms with van der Waals surface area (Å²) in [6.45, 7) is 1.53. The molecule has 2 heterocycles. The minimum absolute atomic E-state index is 0.0566. The van der Waals surface area contributed by atoms with Crippen molar-refractivity contribution in [2.45, 2.75) is 6.10 Å². The number of carbonyl (C=O) groups excluding carboxylic acids is 1. The van der Waals surface area contributed by atoms with Crippen LogP contribution in [0.4, 0.5) is 6.01 Å². The summed E-state index contributed by atoms with van der Waals surface area (Å²) in [6.07, 6.45) is -0.493. The number of likely N-dealkylation sites (N-methyl/N-ethyl adjacent to an activating group) is 1. The third kappa shape index (κ3) is 2.82. The van der Waals surface area contributed by atoms with Crippen molar-refractivity contribution in [2.75, 3.05) is 38.7 Å². The van der Waals surface area contributed by atoms with Gasteiger partial charge in [0.2, 0.25) is 0 Å². The number of fused-ring (bicyclic) bond motifs is 1. The van der Waals surface area contributed by atoms with E-state index in [2.05, 4.69) is 4.98 Å². The van der Waals surface area contributed by atoms with Crippen LogP contribution in [0, 0.1) is 0 Å². The maximum Gasteiger partial charge on any atom is 0.298 e. The number of nitrogens with zero attached hydrogens (tertiary/aromatic N) is 3. The van der Waals surface area contributed by atoms with Gasteiger partial charge in [-0.05, 0) is 12.1 Å². The summed E-state index contributed by atoms with van der Waals surface area (Å²) in [5.41, 5.74) is 1.39. The second kappa shape index (κ2) is 5.54. The van der Waals surface area contributed by atoms with Crippen LogP contribution >= 0.6 is 11.6 Å². The number of morpholine rings is 1. The van der Waals surface area contributed by atoms with Crippen molar-refractivity contribution in [1.82, 2.24) is 9.88 Å². The van der Waals surface area contributed by atoms with Crippen LogP contribution < -0.4 is 4.90 Å². The highest BCUT2D eigenvalue weighted by Gasteiger charge is 2.30. The molecule has 1 atom stereocenters. The van der Waals surface area contributed by atoms with Crippen LogP contribution in [-0.4, -0.2) is 55.7 Å². The topological polar surface area (TPSA) is 58.8 Å². The summed E-state index contributed by atoms with van der Waals surface area (Å²) in [5.74, 6) is -0.0566. The third-order valence-corrected chi connectivity index (χ3v) is 3.63. The van der Waals surface area contributed by atoms with E-state index in [0.717, 1.165) is 5.52 Å². The van der Waals surface area contributed by atoms with E-state index in [4.69, 9.17) is 20.8 Å². The third-order valence-electron chi connectivity index (χ3n) is 3.39. The van der Waals surface area contributed by atoms with Crippen LogP contribution in [0.3, 0.4) is 0 Å². The van der Waals surface area contributed by atoms with Crippen LogP contribution in [0.15, 0.2) is 22.6 Å². The average Bonchev–Trinajstić information content (AvgIpc) is 2.89. The molecule has 2 aromatic rings. The lowest BCUT2D eigenvalue weighted by molar-refractivity contribution is -0.141. The molecule has 0 aliphatic carbocycles. The predicted molar refractivity (Wildman–Crippen MR) is 79.7 cm³/mol. The van der Waals surface area contributed by atoms with E-state index in [1.54, 1.807) is 26.2 Å². The maximum atomic E-state index is 12.0. The molecule has 1 unspecified atom stereocenters. The number of halogens is 1. The largest absolute Gasteiger partial charge is 0.423 e. The first-order chi connectivity index (χ1) is 10.0. The summed E-state index contributed by atoms with van der Waals surface area (Å²) in [4.78, 5) is 19.9. The number of benzene rings is 1. The van der Waals surface area contributed by atoms with Crippen molar-refractivity contribution in [3.63, 3.8) is 0 Å². The average molecular weight is 310 g/mol. The Labute approximate surface area is 127 Å². The minimum atomic E-state index is -0.493. The second-order valence-corrected chi connectivity index (χ2v) is 5.58. The van der Waals surface area contributed by atoms with Gasteiger partial charge in [-0.15, -0.1) is 0 Å². The highest BCUT2D eigenvalue weighted by atomic mass is 35.5. The SMILES string of the molecule is CN(C)C(=O)C1CN(c2nc3ccc(Cl)cc3o2)CCO1. The Morgan fingerprint density at radius 1 is 1.48 bits per heavy atom. The molecule has 0 bridgehead atoms. The number of anilines is 1. The second-order valence-electron chi connectivity index (χ2n) is 5.15. The molecule has 1 saturated heterocycles. The zero-order valence-corrected chi connectivity index (χ0v) is 12.6. The fraction of sp³-hybridized carbons (Fsp3) is 0.429. The predicted octanol–water partition coefficient (Wildman–Crippen LogP) is 1.77. The number of aromatic nitrogens is 1. The molecular formula is C14H16ClN3O3. The molecule has 6 nitrogen and oxygen atoms in total. The van der Waals surface area contributed by atoms with Crippen molar-refractivity contribution < 1.29 is 13.9 Å². The maximum absolute atomic E-state index is 12.0. The summed E-state index contributed by atoms with van der Waals surface area (Å²) < 4.78 is 11.2. The first-order valence-electron chi connectivity index (χ1n) is 6.68. The smallest absolute Gasteiger partial charge is 0.298 e. The lowest BCUT2D eigenvalue weighted by Crippen LogP contribution is -2.49. The lowest BCUT2D eigenvalue weighted by atomic mass is 10.2. The highest BCUT2D eigenvalue weighted by Crippen LogP contribution is 2.25. The van der Waals surface area contributed by atoms with E-state index in [1.807, 2.05) is 11.0 Å². The Morgan fingerprint density at radius 3 is 3.05 bits per heavy atom. The number of oxazole rings is 1. The van der Waals surface area contributed by atoms with Gasteiger partial charge in [0.1, 0.15) is 5.52 Å². The van der Waals surface area contributed by atoms with Gasteiger partial charge >= 0.3 is 0 Å². The molecule has 21 heavy (non-hydrogen) atoms. The zero-order chi connectivity index (χ0) is 15.0. The molecule has 0 radical (unpaired) electrons. The van der Waals surface area contributed by atoms with Gasteiger partial charge in [0.15, 0.2) is 11.7 Å². The minimum Gasteiger partial charge on any atom is -0.423 e. The normalized spacial score (nSPS) is 19.0.